The highest BCUT2D eigenvalue weighted by atomic mass is 35.5. The number of nitrogens with one attached hydrogen (secondary N) is 1. The van der Waals surface area contributed by atoms with Crippen molar-refractivity contribution >= 4 is 30.0 Å². The van der Waals surface area contributed by atoms with E-state index in [0.29, 0.717) is 26.9 Å². The van der Waals surface area contributed by atoms with Crippen LogP contribution < -0.4 is 4.74 Å². The van der Waals surface area contributed by atoms with E-state index in [1.54, 1.807) is 30.3 Å². The summed E-state index contributed by atoms with van der Waals surface area (Å²) in [7, 11) is 1.49. The van der Waals surface area contributed by atoms with Crippen LogP contribution in [-0.2, 0) is 0 Å². The third-order valence-electron chi connectivity index (χ3n) is 3.32. The van der Waals surface area contributed by atoms with Gasteiger partial charge in [-0.1, -0.05) is 17.7 Å². The van der Waals surface area contributed by atoms with Crippen LogP contribution in [0.5, 0.6) is 11.5 Å². The number of aromatic amines is 1. The maximum Gasteiger partial charge on any atom is 0.216 e. The minimum Gasteiger partial charge on any atom is -0.504 e. The predicted molar refractivity (Wildman–Crippen MR) is 95.5 cm³/mol. The fourth-order valence-corrected chi connectivity index (χ4v) is 2.42. The summed E-state index contributed by atoms with van der Waals surface area (Å²) in [6.07, 6.45) is 1.49. The molecule has 1 aromatic heterocycles. The fraction of sp³-hybridized carbons (Fsp3) is 0.0625. The zero-order chi connectivity index (χ0) is 17.1. The third kappa shape index (κ3) is 3.17. The number of nitrogens with zero attached hydrogens (tertiary/aromatic N) is 3. The molecule has 8 heteroatoms. The van der Waals surface area contributed by atoms with Crippen molar-refractivity contribution < 1.29 is 9.84 Å². The van der Waals surface area contributed by atoms with Crippen LogP contribution in [0.3, 0.4) is 0 Å². The Morgan fingerprint density at radius 2 is 2.04 bits per heavy atom. The van der Waals surface area contributed by atoms with E-state index >= 15 is 0 Å². The lowest BCUT2D eigenvalue weighted by Gasteiger charge is -2.05. The number of aromatic nitrogens is 3. The first-order valence-electron chi connectivity index (χ1n) is 6.94. The summed E-state index contributed by atoms with van der Waals surface area (Å²) in [5.41, 5.74) is 1.30. The first-order valence-corrected chi connectivity index (χ1v) is 7.72. The molecule has 0 fully saturated rings. The number of H-pyrrole nitrogens is 1. The van der Waals surface area contributed by atoms with Crippen LogP contribution >= 0.6 is 23.8 Å². The van der Waals surface area contributed by atoms with Gasteiger partial charge in [0.25, 0.3) is 0 Å². The highest BCUT2D eigenvalue weighted by Gasteiger charge is 2.09. The molecule has 24 heavy (non-hydrogen) atoms. The van der Waals surface area contributed by atoms with E-state index in [-0.39, 0.29) is 5.75 Å². The topological polar surface area (TPSA) is 75.4 Å². The molecule has 122 valence electrons. The zero-order valence-corrected chi connectivity index (χ0v) is 14.2. The van der Waals surface area contributed by atoms with Crippen molar-refractivity contribution in [2.75, 3.05) is 7.11 Å². The van der Waals surface area contributed by atoms with Gasteiger partial charge in [-0.15, -0.1) is 0 Å². The van der Waals surface area contributed by atoms with Gasteiger partial charge in [-0.05, 0) is 48.6 Å². The Balaban J connectivity index is 2.01. The number of hydrogen-bond donors (Lipinski definition) is 2. The zero-order valence-electron chi connectivity index (χ0n) is 12.6. The van der Waals surface area contributed by atoms with E-state index in [4.69, 9.17) is 28.6 Å². The number of hydrogen-bond acceptors (Lipinski definition) is 5. The maximum atomic E-state index is 10.1. The molecular formula is C16H13ClN4O2S. The van der Waals surface area contributed by atoms with Crippen molar-refractivity contribution in [3.63, 3.8) is 0 Å². The van der Waals surface area contributed by atoms with Gasteiger partial charge in [0, 0.05) is 16.1 Å². The number of halogens is 1. The lowest BCUT2D eigenvalue weighted by molar-refractivity contribution is 0.373. The minimum atomic E-state index is 0.00630. The first-order chi connectivity index (χ1) is 11.6. The Kier molecular flexibility index (Phi) is 4.64. The molecule has 0 spiro atoms. The van der Waals surface area contributed by atoms with Crippen molar-refractivity contribution in [2.45, 2.75) is 0 Å². The molecule has 3 aromatic rings. The molecule has 2 N–H and O–H groups in total. The Morgan fingerprint density at radius 1 is 1.29 bits per heavy atom. The van der Waals surface area contributed by atoms with Gasteiger partial charge in [-0.3, -0.25) is 0 Å². The lowest BCUT2D eigenvalue weighted by Crippen LogP contribution is -1.95. The Morgan fingerprint density at radius 3 is 2.75 bits per heavy atom. The third-order valence-corrected chi connectivity index (χ3v) is 3.83. The second-order valence-corrected chi connectivity index (χ2v) is 5.64. The van der Waals surface area contributed by atoms with Gasteiger partial charge in [0.15, 0.2) is 17.3 Å². The van der Waals surface area contributed by atoms with Gasteiger partial charge < -0.3 is 9.84 Å². The highest BCUT2D eigenvalue weighted by molar-refractivity contribution is 7.71. The summed E-state index contributed by atoms with van der Waals surface area (Å²) in [4.78, 5) is 0. The molecule has 2 aromatic carbocycles. The molecule has 0 saturated carbocycles. The highest BCUT2D eigenvalue weighted by Crippen LogP contribution is 2.28. The number of methoxy groups -OCH3 is 1. The van der Waals surface area contributed by atoms with Crippen LogP contribution in [0.15, 0.2) is 47.6 Å². The SMILES string of the molecule is COc1cccc(/C=N\n2c(-c3ccc(Cl)cc3)n[nH]c2=S)c1O. The largest absolute Gasteiger partial charge is 0.504 e. The monoisotopic (exact) mass is 360 g/mol. The van der Waals surface area contributed by atoms with E-state index in [0.717, 1.165) is 5.56 Å². The number of phenolic OH excluding ortho intramolecular Hbond substituents is 1. The molecule has 0 bridgehead atoms. The number of benzene rings is 2. The van der Waals surface area contributed by atoms with Crippen molar-refractivity contribution in [3.05, 3.63) is 57.8 Å². The molecule has 6 nitrogen and oxygen atoms in total. The van der Waals surface area contributed by atoms with Crippen LogP contribution in [0.2, 0.25) is 5.02 Å². The fourth-order valence-electron chi connectivity index (χ4n) is 2.11. The summed E-state index contributed by atoms with van der Waals surface area (Å²) in [5.74, 6) is 0.912. The Hall–Kier alpha value is -2.64. The normalized spacial score (nSPS) is 11.1. The van der Waals surface area contributed by atoms with Crippen LogP contribution in [0.1, 0.15) is 5.56 Å². The van der Waals surface area contributed by atoms with Gasteiger partial charge in [0.1, 0.15) is 0 Å². The van der Waals surface area contributed by atoms with Crippen molar-refractivity contribution in [3.8, 4) is 22.9 Å². The average Bonchev–Trinajstić information content (AvgIpc) is 2.95. The molecule has 0 amide bonds. The van der Waals surface area contributed by atoms with E-state index in [9.17, 15) is 5.11 Å². The van der Waals surface area contributed by atoms with Gasteiger partial charge in [0.05, 0.1) is 13.3 Å². The number of rotatable bonds is 4. The Bertz CT molecular complexity index is 947. The van der Waals surface area contributed by atoms with Crippen molar-refractivity contribution in [2.24, 2.45) is 5.10 Å². The molecule has 0 aliphatic rings. The molecule has 1 heterocycles. The molecular weight excluding hydrogens is 348 g/mol. The molecule has 0 radical (unpaired) electrons. The summed E-state index contributed by atoms with van der Waals surface area (Å²) >= 11 is 11.1. The second kappa shape index (κ2) is 6.86. The molecule has 0 saturated heterocycles. The minimum absolute atomic E-state index is 0.00630. The first kappa shape index (κ1) is 16.2. The van der Waals surface area contributed by atoms with Gasteiger partial charge in [0.2, 0.25) is 4.77 Å². The quantitative estimate of drug-likeness (QED) is 0.547. The van der Waals surface area contributed by atoms with E-state index in [1.807, 2.05) is 12.1 Å². The molecule has 0 aliphatic carbocycles. The summed E-state index contributed by atoms with van der Waals surface area (Å²) in [5, 5.41) is 22.0. The van der Waals surface area contributed by atoms with E-state index in [2.05, 4.69) is 15.3 Å². The summed E-state index contributed by atoms with van der Waals surface area (Å²) in [6.45, 7) is 0. The number of para-hydroxylation sites is 1. The average molecular weight is 361 g/mol. The van der Waals surface area contributed by atoms with Crippen molar-refractivity contribution in [1.29, 1.82) is 0 Å². The van der Waals surface area contributed by atoms with Crippen LogP contribution in [0.4, 0.5) is 0 Å². The van der Waals surface area contributed by atoms with Gasteiger partial charge in [-0.2, -0.15) is 14.9 Å². The number of ether oxygens (including phenoxy) is 1. The van der Waals surface area contributed by atoms with E-state index < -0.39 is 0 Å². The predicted octanol–water partition coefficient (Wildman–Crippen LogP) is 3.86. The van der Waals surface area contributed by atoms with E-state index in [1.165, 1.54) is 18.0 Å². The molecule has 0 atom stereocenters. The van der Waals surface area contributed by atoms with Crippen LogP contribution in [0, 0.1) is 4.77 Å². The van der Waals surface area contributed by atoms with Gasteiger partial charge in [-0.25, -0.2) is 5.10 Å². The molecule has 0 unspecified atom stereocenters. The van der Waals surface area contributed by atoms with Crippen LogP contribution in [0.25, 0.3) is 11.4 Å². The molecule has 3 rings (SSSR count). The van der Waals surface area contributed by atoms with Crippen LogP contribution in [-0.4, -0.2) is 33.3 Å². The van der Waals surface area contributed by atoms with Crippen molar-refractivity contribution in [1.82, 2.24) is 14.9 Å². The second-order valence-electron chi connectivity index (χ2n) is 4.81. The van der Waals surface area contributed by atoms with Gasteiger partial charge >= 0.3 is 0 Å². The smallest absolute Gasteiger partial charge is 0.216 e. The molecule has 0 aliphatic heterocycles. The number of phenols is 1. The number of aromatic hydroxyl groups is 1. The summed E-state index contributed by atoms with van der Waals surface area (Å²) < 4.78 is 6.88. The maximum absolute atomic E-state index is 10.1. The lowest BCUT2D eigenvalue weighted by atomic mass is 10.2. The Labute approximate surface area is 148 Å². The summed E-state index contributed by atoms with van der Waals surface area (Å²) in [6, 6.07) is 12.3. The standard InChI is InChI=1S/C16H13ClN4O2S/c1-23-13-4-2-3-11(14(13)22)9-18-21-15(19-20-16(21)24)10-5-7-12(17)8-6-10/h2-9,22H,1H3,(H,20,24)/b18-9-.